The van der Waals surface area contributed by atoms with Crippen molar-refractivity contribution in [2.75, 3.05) is 6.79 Å². The molecule has 0 spiro atoms. The first-order valence-electron chi connectivity index (χ1n) is 9.71. The molecule has 2 aliphatic rings. The third-order valence-electron chi connectivity index (χ3n) is 5.31. The van der Waals surface area contributed by atoms with Crippen molar-refractivity contribution in [3.63, 3.8) is 0 Å². The minimum atomic E-state index is -0.471. The highest BCUT2D eigenvalue weighted by Crippen LogP contribution is 2.48. The summed E-state index contributed by atoms with van der Waals surface area (Å²) in [4.78, 5) is 0. The lowest BCUT2D eigenvalue weighted by atomic mass is 9.83. The lowest BCUT2D eigenvalue weighted by Crippen LogP contribution is -2.21. The summed E-state index contributed by atoms with van der Waals surface area (Å²) in [6, 6.07) is 18.5. The van der Waals surface area contributed by atoms with Gasteiger partial charge in [-0.1, -0.05) is 41.4 Å². The lowest BCUT2D eigenvalue weighted by Gasteiger charge is -2.27. The van der Waals surface area contributed by atoms with Gasteiger partial charge < -0.3 is 24.7 Å². The van der Waals surface area contributed by atoms with Crippen molar-refractivity contribution in [3.05, 3.63) is 92.8 Å². The third-order valence-corrected chi connectivity index (χ3v) is 5.85. The Morgan fingerprint density at radius 1 is 1.00 bits per heavy atom. The number of rotatable bonds is 4. The zero-order valence-electron chi connectivity index (χ0n) is 16.6. The molecule has 0 aromatic heterocycles. The van der Waals surface area contributed by atoms with E-state index in [1.807, 2.05) is 24.3 Å². The second kappa shape index (κ2) is 8.19. The quantitative estimate of drug-likeness (QED) is 0.544. The Kier molecular flexibility index (Phi) is 5.22. The summed E-state index contributed by atoms with van der Waals surface area (Å²) in [6.45, 7) is 0.471. The lowest BCUT2D eigenvalue weighted by molar-refractivity contribution is 0.174. The van der Waals surface area contributed by atoms with Crippen molar-refractivity contribution in [2.24, 2.45) is 5.73 Å². The van der Waals surface area contributed by atoms with Crippen LogP contribution in [-0.4, -0.2) is 6.79 Å². The molecule has 0 saturated carbocycles. The molecule has 0 fully saturated rings. The van der Waals surface area contributed by atoms with Gasteiger partial charge in [-0.05, 0) is 41.5 Å². The minimum absolute atomic E-state index is 0.0445. The molecule has 0 bridgehead atoms. The Bertz CT molecular complexity index is 1280. The molecule has 0 amide bonds. The van der Waals surface area contributed by atoms with E-state index in [0.29, 0.717) is 45.2 Å². The molecule has 2 heterocycles. The van der Waals surface area contributed by atoms with Crippen molar-refractivity contribution >= 4 is 23.2 Å². The molecule has 0 radical (unpaired) electrons. The Morgan fingerprint density at radius 2 is 1.75 bits per heavy atom. The van der Waals surface area contributed by atoms with Gasteiger partial charge in [-0.3, -0.25) is 0 Å². The number of nitrogens with zero attached hydrogens (tertiary/aromatic N) is 1. The molecule has 1 atom stereocenters. The zero-order valence-corrected chi connectivity index (χ0v) is 18.1. The van der Waals surface area contributed by atoms with Crippen molar-refractivity contribution < 1.29 is 18.9 Å². The van der Waals surface area contributed by atoms with Crippen molar-refractivity contribution in [1.29, 1.82) is 5.26 Å². The van der Waals surface area contributed by atoms with Gasteiger partial charge in [0.05, 0.1) is 10.9 Å². The molecular weight excluding hydrogens is 451 g/mol. The van der Waals surface area contributed by atoms with Crippen LogP contribution in [0, 0.1) is 11.3 Å². The Hall–Kier alpha value is -3.53. The number of fused-ring (bicyclic) bond motifs is 2. The normalized spacial score (nSPS) is 16.2. The molecule has 2 N–H and O–H groups in total. The van der Waals surface area contributed by atoms with Gasteiger partial charge in [0.15, 0.2) is 11.5 Å². The highest BCUT2D eigenvalue weighted by atomic mass is 35.5. The van der Waals surface area contributed by atoms with Crippen LogP contribution < -0.4 is 24.7 Å². The molecule has 0 saturated heterocycles. The van der Waals surface area contributed by atoms with Crippen LogP contribution in [0.25, 0.3) is 0 Å². The highest BCUT2D eigenvalue weighted by Gasteiger charge is 2.33. The maximum absolute atomic E-state index is 9.77. The van der Waals surface area contributed by atoms with Gasteiger partial charge in [-0.2, -0.15) is 5.26 Å². The number of nitriles is 1. The predicted molar refractivity (Wildman–Crippen MR) is 119 cm³/mol. The first-order valence-corrected chi connectivity index (χ1v) is 10.5. The van der Waals surface area contributed by atoms with E-state index in [4.69, 9.17) is 47.9 Å². The second-order valence-electron chi connectivity index (χ2n) is 7.27. The van der Waals surface area contributed by atoms with E-state index in [-0.39, 0.29) is 12.7 Å². The molecule has 3 aromatic carbocycles. The average molecular weight is 467 g/mol. The standard InChI is InChI=1S/C24H16Cl2N2O4/c25-15-4-1-13(2-5-15)11-29-19-6-3-14(7-18(19)26)23-16-8-21-22(31-12-30-21)9-20(16)32-24(28)17(23)10-27/h1-9,23H,11-12,28H2/t23-/m1/s1. The Balaban J connectivity index is 1.48. The van der Waals surface area contributed by atoms with Crippen LogP contribution in [0.2, 0.25) is 10.0 Å². The van der Waals surface area contributed by atoms with Gasteiger partial charge in [0.1, 0.15) is 29.7 Å². The van der Waals surface area contributed by atoms with E-state index in [0.717, 1.165) is 16.7 Å². The fourth-order valence-electron chi connectivity index (χ4n) is 3.75. The molecule has 8 heteroatoms. The molecule has 0 aliphatic carbocycles. The van der Waals surface area contributed by atoms with Crippen LogP contribution in [0.3, 0.4) is 0 Å². The average Bonchev–Trinajstić information content (AvgIpc) is 3.24. The maximum atomic E-state index is 9.77. The van der Waals surface area contributed by atoms with Gasteiger partial charge >= 0.3 is 0 Å². The molecule has 5 rings (SSSR count). The van der Waals surface area contributed by atoms with Gasteiger partial charge in [0.2, 0.25) is 12.7 Å². The minimum Gasteiger partial charge on any atom is -0.487 e. The van der Waals surface area contributed by atoms with Gasteiger partial charge in [0, 0.05) is 16.7 Å². The topological polar surface area (TPSA) is 86.7 Å². The van der Waals surface area contributed by atoms with E-state index in [1.165, 1.54) is 0 Å². The van der Waals surface area contributed by atoms with Crippen molar-refractivity contribution in [1.82, 2.24) is 0 Å². The summed E-state index contributed by atoms with van der Waals surface area (Å²) in [5.41, 5.74) is 8.84. The van der Waals surface area contributed by atoms with E-state index >= 15 is 0 Å². The third kappa shape index (κ3) is 3.66. The van der Waals surface area contributed by atoms with Gasteiger partial charge in [-0.25, -0.2) is 0 Å². The van der Waals surface area contributed by atoms with E-state index in [2.05, 4.69) is 6.07 Å². The van der Waals surface area contributed by atoms with E-state index in [9.17, 15) is 5.26 Å². The van der Waals surface area contributed by atoms with E-state index < -0.39 is 5.92 Å². The van der Waals surface area contributed by atoms with Crippen molar-refractivity contribution in [3.8, 4) is 29.1 Å². The molecule has 2 aliphatic heterocycles. The predicted octanol–water partition coefficient (Wildman–Crippen LogP) is 5.52. The first-order chi connectivity index (χ1) is 15.5. The zero-order chi connectivity index (χ0) is 22.2. The molecule has 0 unspecified atom stereocenters. The summed E-state index contributed by atoms with van der Waals surface area (Å²) >= 11 is 12.5. The summed E-state index contributed by atoms with van der Waals surface area (Å²) in [5.74, 6) is 1.77. The Morgan fingerprint density at radius 3 is 2.47 bits per heavy atom. The number of hydrogen-bond acceptors (Lipinski definition) is 6. The first kappa shape index (κ1) is 20.4. The van der Waals surface area contributed by atoms with Crippen LogP contribution in [-0.2, 0) is 6.61 Å². The second-order valence-corrected chi connectivity index (χ2v) is 8.12. The summed E-state index contributed by atoms with van der Waals surface area (Å²) in [7, 11) is 0. The Labute approximate surface area is 194 Å². The summed E-state index contributed by atoms with van der Waals surface area (Å²) < 4.78 is 22.5. The fourth-order valence-corrected chi connectivity index (χ4v) is 4.12. The number of ether oxygens (including phenoxy) is 4. The molecule has 32 heavy (non-hydrogen) atoms. The molecular formula is C24H16Cl2N2O4. The molecule has 160 valence electrons. The monoisotopic (exact) mass is 466 g/mol. The number of benzene rings is 3. The molecule has 6 nitrogen and oxygen atoms in total. The number of halogens is 2. The van der Waals surface area contributed by atoms with E-state index in [1.54, 1.807) is 30.3 Å². The van der Waals surface area contributed by atoms with Crippen LogP contribution in [0.4, 0.5) is 0 Å². The number of nitrogens with two attached hydrogens (primary N) is 1. The van der Waals surface area contributed by atoms with Crippen molar-refractivity contribution in [2.45, 2.75) is 12.5 Å². The number of hydrogen-bond donors (Lipinski definition) is 1. The van der Waals surface area contributed by atoms with Crippen LogP contribution in [0.15, 0.2) is 66.1 Å². The summed E-state index contributed by atoms with van der Waals surface area (Å²) in [6.07, 6.45) is 0. The SMILES string of the molecule is N#CC1=C(N)Oc2cc3c(cc2[C@H]1c1ccc(OCc2ccc(Cl)cc2)c(Cl)c1)OCO3. The summed E-state index contributed by atoms with van der Waals surface area (Å²) in [5, 5.41) is 10.9. The van der Waals surface area contributed by atoms with Gasteiger partial charge in [-0.15, -0.1) is 0 Å². The highest BCUT2D eigenvalue weighted by molar-refractivity contribution is 6.32. The van der Waals surface area contributed by atoms with Crippen LogP contribution in [0.5, 0.6) is 23.0 Å². The smallest absolute Gasteiger partial charge is 0.231 e. The van der Waals surface area contributed by atoms with Crippen LogP contribution in [0.1, 0.15) is 22.6 Å². The fraction of sp³-hybridized carbons (Fsp3) is 0.125. The maximum Gasteiger partial charge on any atom is 0.231 e. The largest absolute Gasteiger partial charge is 0.487 e. The molecule has 3 aromatic rings. The van der Waals surface area contributed by atoms with Crippen LogP contribution >= 0.6 is 23.2 Å². The number of allylic oxidation sites excluding steroid dienone is 1. The van der Waals surface area contributed by atoms with Gasteiger partial charge in [0.25, 0.3) is 0 Å².